The van der Waals surface area contributed by atoms with Crippen LogP contribution in [0.15, 0.2) is 42.5 Å². The van der Waals surface area contributed by atoms with E-state index >= 15 is 0 Å². The van der Waals surface area contributed by atoms with Gasteiger partial charge in [0.2, 0.25) is 0 Å². The van der Waals surface area contributed by atoms with Gasteiger partial charge in [0.15, 0.2) is 0 Å². The quantitative estimate of drug-likeness (QED) is 0.346. The molecular formula is C16H16ClN3O4. The Kier molecular flexibility index (Phi) is 6.11. The van der Waals surface area contributed by atoms with Gasteiger partial charge in [0.05, 0.1) is 18.1 Å². The molecule has 126 valence electrons. The predicted octanol–water partition coefficient (Wildman–Crippen LogP) is 2.78. The number of nitrogens with zero attached hydrogens (tertiary/aromatic N) is 1. The number of anilines is 1. The van der Waals surface area contributed by atoms with Gasteiger partial charge < -0.3 is 15.8 Å². The molecule has 0 aromatic heterocycles. The van der Waals surface area contributed by atoms with Gasteiger partial charge in [-0.05, 0) is 23.8 Å². The highest BCUT2D eigenvalue weighted by atomic mass is 35.5. The molecule has 2 rings (SSSR count). The molecule has 1 amide bonds. The van der Waals surface area contributed by atoms with Gasteiger partial charge in [-0.2, -0.15) is 0 Å². The number of nitro groups is 1. The summed E-state index contributed by atoms with van der Waals surface area (Å²) >= 11 is 5.87. The molecule has 0 heterocycles. The molecule has 3 N–H and O–H groups in total. The van der Waals surface area contributed by atoms with Crippen LogP contribution in [0.3, 0.4) is 0 Å². The van der Waals surface area contributed by atoms with Crippen LogP contribution < -0.4 is 11.1 Å². The number of hydrogen-bond donors (Lipinski definition) is 2. The molecule has 0 spiro atoms. The average molecular weight is 350 g/mol. The number of carbonyl (C=O) groups is 1. The topological polar surface area (TPSA) is 107 Å². The Balaban J connectivity index is 1.80. The summed E-state index contributed by atoms with van der Waals surface area (Å²) in [5.41, 5.74) is 6.57. The van der Waals surface area contributed by atoms with E-state index in [1.807, 2.05) is 12.1 Å². The molecule has 0 bridgehead atoms. The number of nitro benzene ring substituents is 1. The molecule has 8 heteroatoms. The minimum Gasteiger partial charge on any atom is -0.399 e. The molecule has 0 atom stereocenters. The normalized spacial score (nSPS) is 10.4. The van der Waals surface area contributed by atoms with Crippen molar-refractivity contribution >= 4 is 28.9 Å². The number of halogens is 1. The summed E-state index contributed by atoms with van der Waals surface area (Å²) in [5.74, 6) is -0.447. The van der Waals surface area contributed by atoms with Gasteiger partial charge in [-0.3, -0.25) is 14.9 Å². The van der Waals surface area contributed by atoms with Crippen molar-refractivity contribution in [2.45, 2.75) is 6.61 Å². The summed E-state index contributed by atoms with van der Waals surface area (Å²) < 4.78 is 5.44. The predicted molar refractivity (Wildman–Crippen MR) is 91.0 cm³/mol. The molecule has 0 aliphatic heterocycles. The highest BCUT2D eigenvalue weighted by molar-refractivity contribution is 6.30. The summed E-state index contributed by atoms with van der Waals surface area (Å²) in [6.45, 7) is 0.935. The third-order valence-electron chi connectivity index (χ3n) is 3.10. The first-order chi connectivity index (χ1) is 11.5. The number of benzene rings is 2. The van der Waals surface area contributed by atoms with E-state index in [2.05, 4.69) is 5.32 Å². The van der Waals surface area contributed by atoms with Crippen LogP contribution in [0.25, 0.3) is 0 Å². The number of amides is 1. The fraction of sp³-hybridized carbons (Fsp3) is 0.188. The van der Waals surface area contributed by atoms with Crippen LogP contribution in [0, 0.1) is 10.1 Å². The Bertz CT molecular complexity index is 752. The number of nitrogen functional groups attached to an aromatic ring is 1. The van der Waals surface area contributed by atoms with Gasteiger partial charge in [0.25, 0.3) is 11.6 Å². The monoisotopic (exact) mass is 349 g/mol. The van der Waals surface area contributed by atoms with E-state index in [0.29, 0.717) is 18.2 Å². The molecule has 0 saturated heterocycles. The fourth-order valence-corrected chi connectivity index (χ4v) is 2.24. The van der Waals surface area contributed by atoms with E-state index in [0.717, 1.165) is 5.56 Å². The van der Waals surface area contributed by atoms with Gasteiger partial charge in [-0.15, -0.1) is 0 Å². The maximum absolute atomic E-state index is 12.0. The lowest BCUT2D eigenvalue weighted by Gasteiger charge is -2.07. The number of carbonyl (C=O) groups excluding carboxylic acids is 1. The summed E-state index contributed by atoms with van der Waals surface area (Å²) in [7, 11) is 0. The summed E-state index contributed by atoms with van der Waals surface area (Å²) in [5, 5.41) is 14.0. The van der Waals surface area contributed by atoms with E-state index in [9.17, 15) is 14.9 Å². The SMILES string of the molecule is Nc1cc(C(=O)NCCOCc2cccc(Cl)c2)cc([N+](=O)[O-])c1. The largest absolute Gasteiger partial charge is 0.399 e. The van der Waals surface area contributed by atoms with Crippen molar-refractivity contribution in [2.75, 3.05) is 18.9 Å². The maximum atomic E-state index is 12.0. The van der Waals surface area contributed by atoms with Gasteiger partial charge in [-0.25, -0.2) is 0 Å². The second-order valence-corrected chi connectivity index (χ2v) is 5.45. The van der Waals surface area contributed by atoms with Crippen molar-refractivity contribution in [1.82, 2.24) is 5.32 Å². The van der Waals surface area contributed by atoms with E-state index in [4.69, 9.17) is 22.1 Å². The summed E-state index contributed by atoms with van der Waals surface area (Å²) in [6.07, 6.45) is 0. The first kappa shape index (κ1) is 17.7. The molecule has 0 unspecified atom stereocenters. The fourth-order valence-electron chi connectivity index (χ4n) is 2.03. The standard InChI is InChI=1S/C16H16ClN3O4/c17-13-3-1-2-11(6-13)10-24-5-4-19-16(21)12-7-14(18)9-15(8-12)20(22)23/h1-3,6-9H,4-5,10,18H2,(H,19,21). The average Bonchev–Trinajstić information content (AvgIpc) is 2.53. The van der Waals surface area contributed by atoms with Gasteiger partial charge in [0.1, 0.15) is 0 Å². The second-order valence-electron chi connectivity index (χ2n) is 5.01. The van der Waals surface area contributed by atoms with Crippen molar-refractivity contribution in [3.05, 3.63) is 68.7 Å². The lowest BCUT2D eigenvalue weighted by atomic mass is 10.1. The lowest BCUT2D eigenvalue weighted by Crippen LogP contribution is -2.27. The Morgan fingerprint density at radius 1 is 1.29 bits per heavy atom. The van der Waals surface area contributed by atoms with Gasteiger partial charge in [-0.1, -0.05) is 23.7 Å². The molecule has 0 saturated carbocycles. The van der Waals surface area contributed by atoms with Crippen LogP contribution in [0.5, 0.6) is 0 Å². The third kappa shape index (κ3) is 5.22. The first-order valence-electron chi connectivity index (χ1n) is 7.11. The molecule has 0 aliphatic rings. The molecule has 2 aromatic rings. The van der Waals surface area contributed by atoms with E-state index in [-0.39, 0.29) is 23.5 Å². The van der Waals surface area contributed by atoms with Crippen LogP contribution in [0.1, 0.15) is 15.9 Å². The third-order valence-corrected chi connectivity index (χ3v) is 3.34. The minimum absolute atomic E-state index is 0.136. The molecule has 0 aliphatic carbocycles. The van der Waals surface area contributed by atoms with Crippen molar-refractivity contribution in [2.24, 2.45) is 0 Å². The molecule has 2 aromatic carbocycles. The Hall–Kier alpha value is -2.64. The summed E-state index contributed by atoms with van der Waals surface area (Å²) in [4.78, 5) is 22.2. The van der Waals surface area contributed by atoms with Crippen LogP contribution >= 0.6 is 11.6 Å². The van der Waals surface area contributed by atoms with Crippen LogP contribution in [-0.2, 0) is 11.3 Å². The number of ether oxygens (including phenoxy) is 1. The Morgan fingerprint density at radius 3 is 2.79 bits per heavy atom. The van der Waals surface area contributed by atoms with E-state index in [1.165, 1.54) is 18.2 Å². The number of nitrogens with one attached hydrogen (secondary N) is 1. The lowest BCUT2D eigenvalue weighted by molar-refractivity contribution is -0.384. The summed E-state index contributed by atoms with van der Waals surface area (Å²) in [6, 6.07) is 11.0. The van der Waals surface area contributed by atoms with Crippen molar-refractivity contribution in [1.29, 1.82) is 0 Å². The van der Waals surface area contributed by atoms with Crippen LogP contribution in [0.4, 0.5) is 11.4 Å². The van der Waals surface area contributed by atoms with Crippen LogP contribution in [0.2, 0.25) is 5.02 Å². The van der Waals surface area contributed by atoms with Gasteiger partial charge in [0, 0.05) is 35.0 Å². The van der Waals surface area contributed by atoms with Gasteiger partial charge >= 0.3 is 0 Å². The number of nitrogens with two attached hydrogens (primary N) is 1. The zero-order chi connectivity index (χ0) is 17.5. The first-order valence-corrected chi connectivity index (χ1v) is 7.49. The molecule has 0 fully saturated rings. The van der Waals surface area contributed by atoms with Crippen molar-refractivity contribution in [3.63, 3.8) is 0 Å². The Morgan fingerprint density at radius 2 is 2.08 bits per heavy atom. The minimum atomic E-state index is -0.596. The molecular weight excluding hydrogens is 334 g/mol. The zero-order valence-corrected chi connectivity index (χ0v) is 13.5. The highest BCUT2D eigenvalue weighted by Crippen LogP contribution is 2.18. The smallest absolute Gasteiger partial charge is 0.272 e. The zero-order valence-electron chi connectivity index (χ0n) is 12.7. The van der Waals surface area contributed by atoms with Crippen LogP contribution in [-0.4, -0.2) is 24.0 Å². The molecule has 24 heavy (non-hydrogen) atoms. The van der Waals surface area contributed by atoms with E-state index in [1.54, 1.807) is 12.1 Å². The van der Waals surface area contributed by atoms with E-state index < -0.39 is 10.8 Å². The molecule has 0 radical (unpaired) electrons. The van der Waals surface area contributed by atoms with Crippen molar-refractivity contribution in [3.8, 4) is 0 Å². The number of rotatable bonds is 7. The number of hydrogen-bond acceptors (Lipinski definition) is 5. The second kappa shape index (κ2) is 8.28. The molecule has 7 nitrogen and oxygen atoms in total. The highest BCUT2D eigenvalue weighted by Gasteiger charge is 2.13. The maximum Gasteiger partial charge on any atom is 0.272 e. The Labute approximate surface area is 143 Å². The number of non-ortho nitro benzene ring substituents is 1. The van der Waals surface area contributed by atoms with Crippen molar-refractivity contribution < 1.29 is 14.5 Å².